The van der Waals surface area contributed by atoms with Gasteiger partial charge in [0.1, 0.15) is 23.0 Å². The predicted octanol–water partition coefficient (Wildman–Crippen LogP) is 5.41. The summed E-state index contributed by atoms with van der Waals surface area (Å²) in [7, 11) is 0. The van der Waals surface area contributed by atoms with Gasteiger partial charge in [-0.25, -0.2) is 9.59 Å². The molecule has 198 valence electrons. The fourth-order valence-electron chi connectivity index (χ4n) is 3.30. The van der Waals surface area contributed by atoms with Crippen LogP contribution in [0.3, 0.4) is 0 Å². The Labute approximate surface area is 233 Å². The Balaban J connectivity index is 0.000000226. The Bertz CT molecular complexity index is 1710. The molecule has 0 aliphatic heterocycles. The van der Waals surface area contributed by atoms with Crippen molar-refractivity contribution < 1.29 is 33.6 Å². The predicted molar refractivity (Wildman–Crippen MR) is 140 cm³/mol. The summed E-state index contributed by atoms with van der Waals surface area (Å²) >= 11 is 0. The first-order valence-corrected chi connectivity index (χ1v) is 11.4. The topological polar surface area (TPSA) is 186 Å². The highest BCUT2D eigenvalue weighted by Crippen LogP contribution is 2.29. The molecule has 0 atom stereocenters. The largest absolute Gasteiger partial charge is 0.478 e. The molecular formula is C30H16N4O7. The highest BCUT2D eigenvalue weighted by molar-refractivity contribution is 5.96. The number of esters is 1. The Morgan fingerprint density at radius 3 is 1.61 bits per heavy atom. The summed E-state index contributed by atoms with van der Waals surface area (Å²) in [5.74, 6) is -0.324. The zero-order valence-corrected chi connectivity index (χ0v) is 20.8. The van der Waals surface area contributed by atoms with Crippen LogP contribution in [0.15, 0.2) is 91.0 Å². The molecule has 4 aromatic rings. The van der Waals surface area contributed by atoms with Crippen LogP contribution in [0.25, 0.3) is 11.1 Å². The summed E-state index contributed by atoms with van der Waals surface area (Å²) < 4.78 is 19.1. The van der Waals surface area contributed by atoms with Crippen LogP contribution >= 0.6 is 0 Å². The monoisotopic (exact) mass is 544 g/mol. The quantitative estimate of drug-likeness (QED) is 0.178. The molecule has 4 rings (SSSR count). The van der Waals surface area contributed by atoms with Gasteiger partial charge < -0.3 is 24.1 Å². The van der Waals surface area contributed by atoms with E-state index in [4.69, 9.17) is 30.5 Å². The smallest absolute Gasteiger partial charge is 0.343 e. The third kappa shape index (κ3) is 8.08. The fourth-order valence-corrected chi connectivity index (χ4v) is 3.30. The van der Waals surface area contributed by atoms with Crippen molar-refractivity contribution in [3.8, 4) is 59.0 Å². The van der Waals surface area contributed by atoms with Gasteiger partial charge in [0.15, 0.2) is 0 Å². The van der Waals surface area contributed by atoms with Gasteiger partial charge in [0.05, 0.1) is 22.8 Å². The average Bonchev–Trinajstić information content (AvgIpc) is 2.99. The maximum absolute atomic E-state index is 11.8. The van der Waals surface area contributed by atoms with Crippen LogP contribution in [0, 0.1) is 45.9 Å². The summed E-state index contributed by atoms with van der Waals surface area (Å²) in [5.41, 5.74) is 1.90. The lowest BCUT2D eigenvalue weighted by atomic mass is 9.99. The molecule has 0 amide bonds. The van der Waals surface area contributed by atoms with E-state index in [1.165, 1.54) is 48.7 Å². The highest BCUT2D eigenvalue weighted by atomic mass is 16.5. The van der Waals surface area contributed by atoms with Gasteiger partial charge >= 0.3 is 11.9 Å². The number of hydrogen-bond donors (Lipinski definition) is 1. The number of benzene rings is 4. The van der Waals surface area contributed by atoms with E-state index < -0.39 is 11.9 Å². The number of rotatable bonds is 7. The molecule has 1 N–H and O–H groups in total. The summed E-state index contributed by atoms with van der Waals surface area (Å²) in [6.07, 6.45) is 4.62. The minimum Gasteiger partial charge on any atom is -0.478 e. The maximum Gasteiger partial charge on any atom is 0.343 e. The van der Waals surface area contributed by atoms with Gasteiger partial charge in [-0.3, -0.25) is 0 Å². The van der Waals surface area contributed by atoms with E-state index in [0.29, 0.717) is 39.5 Å². The summed E-state index contributed by atoms with van der Waals surface area (Å²) in [6, 6.07) is 24.7. The molecule has 0 saturated heterocycles. The van der Waals surface area contributed by atoms with Crippen LogP contribution in [0.5, 0.6) is 23.0 Å². The van der Waals surface area contributed by atoms with Crippen molar-refractivity contribution in [1.82, 2.24) is 0 Å². The average molecular weight is 544 g/mol. The molecule has 11 nitrogen and oxygen atoms in total. The molecule has 0 heterocycles. The van der Waals surface area contributed by atoms with Gasteiger partial charge in [0.2, 0.25) is 0 Å². The van der Waals surface area contributed by atoms with Gasteiger partial charge in [-0.1, -0.05) is 12.1 Å². The number of nitrogens with zero attached hydrogens (tertiary/aromatic N) is 4. The van der Waals surface area contributed by atoms with Crippen LogP contribution < -0.4 is 18.9 Å². The number of carbonyl (C=O) groups is 2. The van der Waals surface area contributed by atoms with Crippen molar-refractivity contribution >= 4 is 11.9 Å². The van der Waals surface area contributed by atoms with Crippen LogP contribution in [0.4, 0.5) is 0 Å². The minimum atomic E-state index is -1.09. The summed E-state index contributed by atoms with van der Waals surface area (Å²) in [5, 5.41) is 43.2. The van der Waals surface area contributed by atoms with Crippen molar-refractivity contribution in [3.05, 3.63) is 108 Å². The van der Waals surface area contributed by atoms with Gasteiger partial charge in [-0.05, 0) is 90.0 Å². The maximum atomic E-state index is 11.8. The standard InChI is InChI=1S/C15H8N2O4.C15H8N2O3/c16-8-20-11-3-1-10(2-4-11)14-7-12(21-9-17)5-6-13(14)15(18)19;16-9-11-1-5-14(6-2-11)20-15(18)12-3-7-13(8-4-12)19-10-17/h1-7H,(H,18,19);1-8H. The molecule has 0 unspecified atom stereocenters. The molecule has 0 bridgehead atoms. The number of aromatic carboxylic acids is 1. The number of carboxylic acid groups (broad SMARTS) is 1. The lowest BCUT2D eigenvalue weighted by Gasteiger charge is -2.08. The summed E-state index contributed by atoms with van der Waals surface area (Å²) in [4.78, 5) is 23.1. The molecule has 11 heteroatoms. The van der Waals surface area contributed by atoms with E-state index >= 15 is 0 Å². The van der Waals surface area contributed by atoms with E-state index in [1.807, 2.05) is 6.07 Å². The first-order valence-electron chi connectivity index (χ1n) is 11.4. The van der Waals surface area contributed by atoms with Gasteiger partial charge in [0, 0.05) is 0 Å². The Morgan fingerprint density at radius 2 is 1.10 bits per heavy atom. The van der Waals surface area contributed by atoms with Crippen LogP contribution in [-0.2, 0) is 0 Å². The molecule has 4 aromatic carbocycles. The number of ether oxygens (including phenoxy) is 4. The van der Waals surface area contributed by atoms with E-state index in [9.17, 15) is 14.7 Å². The molecule has 0 saturated carbocycles. The SMILES string of the molecule is N#COc1ccc(-c2cc(OC#N)ccc2C(=O)O)cc1.N#COc1ccc(C(=O)Oc2ccc(C#N)cc2)cc1. The second kappa shape index (κ2) is 14.2. The number of carbonyl (C=O) groups excluding carboxylic acids is 1. The van der Waals surface area contributed by atoms with Crippen molar-refractivity contribution in [2.24, 2.45) is 0 Å². The zero-order valence-electron chi connectivity index (χ0n) is 20.8. The third-order valence-electron chi connectivity index (χ3n) is 5.16. The van der Waals surface area contributed by atoms with E-state index in [2.05, 4.69) is 9.47 Å². The van der Waals surface area contributed by atoms with Crippen LogP contribution in [0.1, 0.15) is 26.3 Å². The molecule has 0 radical (unpaired) electrons. The van der Waals surface area contributed by atoms with Crippen LogP contribution in [0.2, 0.25) is 0 Å². The Morgan fingerprint density at radius 1 is 0.610 bits per heavy atom. The first kappa shape index (κ1) is 28.7. The fraction of sp³-hybridized carbons (Fsp3) is 0. The van der Waals surface area contributed by atoms with Crippen molar-refractivity contribution in [2.45, 2.75) is 0 Å². The Kier molecular flexibility index (Phi) is 9.96. The summed E-state index contributed by atoms with van der Waals surface area (Å²) in [6.45, 7) is 0. The van der Waals surface area contributed by atoms with Crippen molar-refractivity contribution in [1.29, 1.82) is 21.0 Å². The normalized spacial score (nSPS) is 9.17. The van der Waals surface area contributed by atoms with Gasteiger partial charge in [-0.2, -0.15) is 5.26 Å². The number of hydrogen-bond acceptors (Lipinski definition) is 10. The van der Waals surface area contributed by atoms with Crippen molar-refractivity contribution in [3.63, 3.8) is 0 Å². The number of nitriles is 4. The Hall–Kier alpha value is -6.82. The lowest BCUT2D eigenvalue weighted by molar-refractivity contribution is 0.0695. The molecule has 0 aliphatic rings. The van der Waals surface area contributed by atoms with E-state index in [1.54, 1.807) is 61.0 Å². The minimum absolute atomic E-state index is 0.0780. The second-order valence-electron chi connectivity index (χ2n) is 7.67. The zero-order chi connectivity index (χ0) is 29.6. The van der Waals surface area contributed by atoms with Crippen molar-refractivity contribution in [2.75, 3.05) is 0 Å². The first-order chi connectivity index (χ1) is 19.9. The molecule has 0 spiro atoms. The molecular weight excluding hydrogens is 528 g/mol. The lowest BCUT2D eigenvalue weighted by Crippen LogP contribution is -2.08. The van der Waals surface area contributed by atoms with Gasteiger partial charge in [-0.15, -0.1) is 15.8 Å². The van der Waals surface area contributed by atoms with E-state index in [-0.39, 0.29) is 11.3 Å². The second-order valence-corrected chi connectivity index (χ2v) is 7.67. The highest BCUT2D eigenvalue weighted by Gasteiger charge is 2.13. The van der Waals surface area contributed by atoms with Gasteiger partial charge in [0.25, 0.3) is 18.8 Å². The van der Waals surface area contributed by atoms with Crippen LogP contribution in [-0.4, -0.2) is 17.0 Å². The van der Waals surface area contributed by atoms with E-state index in [0.717, 1.165) is 0 Å². The third-order valence-corrected chi connectivity index (χ3v) is 5.16. The molecule has 41 heavy (non-hydrogen) atoms. The molecule has 0 aliphatic carbocycles. The molecule has 0 aromatic heterocycles. The number of carboxylic acids is 1. The molecule has 0 fully saturated rings.